The van der Waals surface area contributed by atoms with E-state index in [1.165, 1.54) is 0 Å². The number of fused-ring (bicyclic) bond motifs is 1. The summed E-state index contributed by atoms with van der Waals surface area (Å²) < 4.78 is 1.67. The molecule has 0 bridgehead atoms. The van der Waals surface area contributed by atoms with Crippen LogP contribution >= 0.6 is 0 Å². The standard InChI is InChI=1S/C9H9N3O2/c1-5-11-7(9(13)14)8-6(10)3-2-4-12(5)8/h2-4H,10H2,1H3,(H,13,14). The highest BCUT2D eigenvalue weighted by Crippen LogP contribution is 2.19. The number of aryl methyl sites for hydroxylation is 1. The lowest BCUT2D eigenvalue weighted by Crippen LogP contribution is -2.00. The molecule has 0 radical (unpaired) electrons. The molecule has 2 rings (SSSR count). The number of imidazole rings is 1. The van der Waals surface area contributed by atoms with Gasteiger partial charge < -0.3 is 15.2 Å². The van der Waals surface area contributed by atoms with Crippen molar-refractivity contribution in [2.45, 2.75) is 6.92 Å². The second kappa shape index (κ2) is 2.73. The predicted molar refractivity (Wildman–Crippen MR) is 51.3 cm³/mol. The third kappa shape index (κ3) is 1.02. The molecular formula is C9H9N3O2. The van der Waals surface area contributed by atoms with Gasteiger partial charge in [0, 0.05) is 6.20 Å². The molecule has 0 aromatic carbocycles. The topological polar surface area (TPSA) is 80.6 Å². The molecule has 2 aromatic heterocycles. The number of nitrogen functional groups attached to an aromatic ring is 1. The third-order valence-corrected chi connectivity index (χ3v) is 2.07. The van der Waals surface area contributed by atoms with Crippen LogP contribution in [0.3, 0.4) is 0 Å². The van der Waals surface area contributed by atoms with E-state index in [1.54, 1.807) is 29.7 Å². The third-order valence-electron chi connectivity index (χ3n) is 2.07. The molecule has 5 heteroatoms. The van der Waals surface area contributed by atoms with Gasteiger partial charge in [0.2, 0.25) is 0 Å². The Bertz CT molecular complexity index is 516. The van der Waals surface area contributed by atoms with Crippen molar-refractivity contribution >= 4 is 17.2 Å². The molecule has 3 N–H and O–H groups in total. The molecule has 14 heavy (non-hydrogen) atoms. The zero-order valence-electron chi connectivity index (χ0n) is 7.56. The minimum Gasteiger partial charge on any atom is -0.476 e. The number of carbonyl (C=O) groups is 1. The van der Waals surface area contributed by atoms with Crippen LogP contribution in [0.1, 0.15) is 16.3 Å². The molecule has 0 unspecified atom stereocenters. The molecule has 0 aliphatic rings. The summed E-state index contributed by atoms with van der Waals surface area (Å²) in [4.78, 5) is 14.8. The number of aromatic carboxylic acids is 1. The summed E-state index contributed by atoms with van der Waals surface area (Å²) >= 11 is 0. The molecular weight excluding hydrogens is 182 g/mol. The number of hydrogen-bond acceptors (Lipinski definition) is 3. The molecule has 2 aromatic rings. The van der Waals surface area contributed by atoms with E-state index in [4.69, 9.17) is 10.8 Å². The Morgan fingerprint density at radius 1 is 1.64 bits per heavy atom. The molecule has 0 spiro atoms. The van der Waals surface area contributed by atoms with E-state index >= 15 is 0 Å². The minimum absolute atomic E-state index is 0.000556. The van der Waals surface area contributed by atoms with Crippen molar-refractivity contribution < 1.29 is 9.90 Å². The molecule has 0 atom stereocenters. The maximum atomic E-state index is 10.8. The Balaban J connectivity index is 2.93. The molecule has 0 aliphatic heterocycles. The summed E-state index contributed by atoms with van der Waals surface area (Å²) in [5.41, 5.74) is 6.56. The highest BCUT2D eigenvalue weighted by molar-refractivity contribution is 5.97. The fraction of sp³-hybridized carbons (Fsp3) is 0.111. The fourth-order valence-corrected chi connectivity index (χ4v) is 1.46. The van der Waals surface area contributed by atoms with Crippen LogP contribution in [-0.2, 0) is 0 Å². The van der Waals surface area contributed by atoms with Gasteiger partial charge in [0.05, 0.1) is 5.69 Å². The van der Waals surface area contributed by atoms with E-state index in [1.807, 2.05) is 0 Å². The second-order valence-corrected chi connectivity index (χ2v) is 2.99. The van der Waals surface area contributed by atoms with Gasteiger partial charge in [0.25, 0.3) is 0 Å². The number of carboxylic acids is 1. The van der Waals surface area contributed by atoms with Crippen molar-refractivity contribution in [2.75, 3.05) is 5.73 Å². The monoisotopic (exact) mass is 191 g/mol. The van der Waals surface area contributed by atoms with E-state index in [9.17, 15) is 4.79 Å². The number of rotatable bonds is 1. The molecule has 0 aliphatic carbocycles. The number of carboxylic acid groups (broad SMARTS) is 1. The average Bonchev–Trinajstić information content (AvgIpc) is 2.46. The normalized spacial score (nSPS) is 10.6. The van der Waals surface area contributed by atoms with Gasteiger partial charge in [-0.1, -0.05) is 0 Å². The van der Waals surface area contributed by atoms with Crippen LogP contribution < -0.4 is 5.73 Å². The first-order chi connectivity index (χ1) is 6.61. The maximum Gasteiger partial charge on any atom is 0.356 e. The summed E-state index contributed by atoms with van der Waals surface area (Å²) in [5.74, 6) is -0.446. The minimum atomic E-state index is -1.06. The van der Waals surface area contributed by atoms with Crippen molar-refractivity contribution in [3.05, 3.63) is 29.8 Å². The summed E-state index contributed by atoms with van der Waals surface area (Å²) in [6.07, 6.45) is 1.74. The van der Waals surface area contributed by atoms with Gasteiger partial charge in [-0.15, -0.1) is 0 Å². The number of aromatic nitrogens is 2. The highest BCUT2D eigenvalue weighted by atomic mass is 16.4. The first kappa shape index (κ1) is 8.55. The highest BCUT2D eigenvalue weighted by Gasteiger charge is 2.16. The van der Waals surface area contributed by atoms with E-state index in [0.717, 1.165) is 0 Å². The van der Waals surface area contributed by atoms with Crippen LogP contribution in [0.25, 0.3) is 5.52 Å². The van der Waals surface area contributed by atoms with E-state index in [0.29, 0.717) is 17.0 Å². The van der Waals surface area contributed by atoms with Crippen molar-refractivity contribution in [3.8, 4) is 0 Å². The van der Waals surface area contributed by atoms with Crippen molar-refractivity contribution in [3.63, 3.8) is 0 Å². The smallest absolute Gasteiger partial charge is 0.356 e. The zero-order valence-corrected chi connectivity index (χ0v) is 7.56. The Morgan fingerprint density at radius 3 is 3.00 bits per heavy atom. The number of nitrogens with zero attached hydrogens (tertiary/aromatic N) is 2. The van der Waals surface area contributed by atoms with Crippen molar-refractivity contribution in [1.82, 2.24) is 9.38 Å². The lowest BCUT2D eigenvalue weighted by molar-refractivity contribution is 0.0693. The Labute approximate surface area is 79.8 Å². The number of anilines is 1. The molecule has 0 fully saturated rings. The van der Waals surface area contributed by atoms with Crippen molar-refractivity contribution in [2.24, 2.45) is 0 Å². The first-order valence-corrected chi connectivity index (χ1v) is 4.07. The lowest BCUT2D eigenvalue weighted by Gasteiger charge is -1.99. The molecule has 72 valence electrons. The Morgan fingerprint density at radius 2 is 2.36 bits per heavy atom. The van der Waals surface area contributed by atoms with Crippen LogP contribution in [0, 0.1) is 6.92 Å². The molecule has 0 saturated carbocycles. The Kier molecular flexibility index (Phi) is 1.67. The SMILES string of the molecule is Cc1nc(C(=O)O)c2c(N)cccn12. The largest absolute Gasteiger partial charge is 0.476 e. The molecule has 5 nitrogen and oxygen atoms in total. The Hall–Kier alpha value is -2.04. The second-order valence-electron chi connectivity index (χ2n) is 2.99. The summed E-state index contributed by atoms with van der Waals surface area (Å²) in [6, 6.07) is 3.41. The zero-order chi connectivity index (χ0) is 10.3. The van der Waals surface area contributed by atoms with Crippen LogP contribution in [0.2, 0.25) is 0 Å². The molecule has 2 heterocycles. The summed E-state index contributed by atoms with van der Waals surface area (Å²) in [7, 11) is 0. The number of nitrogens with two attached hydrogens (primary N) is 1. The van der Waals surface area contributed by atoms with Gasteiger partial charge in [-0.05, 0) is 19.1 Å². The number of pyridine rings is 1. The van der Waals surface area contributed by atoms with E-state index < -0.39 is 5.97 Å². The maximum absolute atomic E-state index is 10.8. The summed E-state index contributed by atoms with van der Waals surface area (Å²) in [6.45, 7) is 1.74. The fourth-order valence-electron chi connectivity index (χ4n) is 1.46. The van der Waals surface area contributed by atoms with Gasteiger partial charge in [-0.3, -0.25) is 0 Å². The van der Waals surface area contributed by atoms with Crippen molar-refractivity contribution in [1.29, 1.82) is 0 Å². The number of hydrogen-bond donors (Lipinski definition) is 2. The average molecular weight is 191 g/mol. The van der Waals surface area contributed by atoms with Gasteiger partial charge in [0.15, 0.2) is 5.69 Å². The van der Waals surface area contributed by atoms with E-state index in [2.05, 4.69) is 4.98 Å². The molecule has 0 amide bonds. The van der Waals surface area contributed by atoms with Gasteiger partial charge in [-0.25, -0.2) is 9.78 Å². The van der Waals surface area contributed by atoms with Gasteiger partial charge in [-0.2, -0.15) is 0 Å². The van der Waals surface area contributed by atoms with Crippen LogP contribution in [-0.4, -0.2) is 20.5 Å². The van der Waals surface area contributed by atoms with E-state index in [-0.39, 0.29) is 5.69 Å². The van der Waals surface area contributed by atoms with Crippen LogP contribution in [0.15, 0.2) is 18.3 Å². The van der Waals surface area contributed by atoms with Crippen LogP contribution in [0.5, 0.6) is 0 Å². The first-order valence-electron chi connectivity index (χ1n) is 4.07. The molecule has 0 saturated heterocycles. The van der Waals surface area contributed by atoms with Gasteiger partial charge >= 0.3 is 5.97 Å². The summed E-state index contributed by atoms with van der Waals surface area (Å²) in [5, 5.41) is 8.89. The van der Waals surface area contributed by atoms with Gasteiger partial charge in [0.1, 0.15) is 11.3 Å². The lowest BCUT2D eigenvalue weighted by atomic mass is 10.3. The quantitative estimate of drug-likeness (QED) is 0.702. The van der Waals surface area contributed by atoms with Crippen LogP contribution in [0.4, 0.5) is 5.69 Å². The predicted octanol–water partition coefficient (Wildman–Crippen LogP) is 0.923.